The lowest BCUT2D eigenvalue weighted by molar-refractivity contribution is 1.27. The summed E-state index contributed by atoms with van der Waals surface area (Å²) in [7, 11) is 0. The zero-order valence-electron chi connectivity index (χ0n) is 3.98. The molecule has 0 aromatic heterocycles. The van der Waals surface area contributed by atoms with Crippen molar-refractivity contribution in [3.05, 3.63) is 11.0 Å². The van der Waals surface area contributed by atoms with Crippen LogP contribution in [0.25, 0.3) is 0 Å². The van der Waals surface area contributed by atoms with E-state index in [0.717, 1.165) is 11.3 Å². The van der Waals surface area contributed by atoms with Crippen LogP contribution in [-0.2, 0) is 0 Å². The van der Waals surface area contributed by atoms with E-state index < -0.39 is 0 Å². The molecule has 0 atom stereocenters. The summed E-state index contributed by atoms with van der Waals surface area (Å²) in [4.78, 5) is 1.11. The number of terminal acetylenes is 1. The fourth-order valence-corrected chi connectivity index (χ4v) is 1.29. The molecular formula is C6H6S. The van der Waals surface area contributed by atoms with Crippen molar-refractivity contribution in [1.29, 1.82) is 0 Å². The summed E-state index contributed by atoms with van der Waals surface area (Å²) in [6.07, 6.45) is 8.35. The van der Waals surface area contributed by atoms with Crippen molar-refractivity contribution in [1.82, 2.24) is 0 Å². The predicted molar refractivity (Wildman–Crippen MR) is 34.0 cm³/mol. The zero-order chi connectivity index (χ0) is 5.11. The van der Waals surface area contributed by atoms with Crippen LogP contribution in [0.4, 0.5) is 0 Å². The largest absolute Gasteiger partial charge is 0.117 e. The van der Waals surface area contributed by atoms with Crippen LogP contribution >= 0.6 is 11.8 Å². The zero-order valence-corrected chi connectivity index (χ0v) is 4.79. The van der Waals surface area contributed by atoms with E-state index in [9.17, 15) is 0 Å². The van der Waals surface area contributed by atoms with Gasteiger partial charge < -0.3 is 0 Å². The number of hydrogen-bond donors (Lipinski definition) is 0. The first-order valence-electron chi connectivity index (χ1n) is 2.23. The topological polar surface area (TPSA) is 0 Å². The van der Waals surface area contributed by atoms with E-state index in [1.54, 1.807) is 11.8 Å². The molecule has 0 radical (unpaired) electrons. The van der Waals surface area contributed by atoms with E-state index in [1.165, 1.54) is 5.75 Å². The Morgan fingerprint density at radius 3 is 3.00 bits per heavy atom. The van der Waals surface area contributed by atoms with Crippen LogP contribution in [0.15, 0.2) is 11.0 Å². The van der Waals surface area contributed by atoms with E-state index in [4.69, 9.17) is 6.42 Å². The quantitative estimate of drug-likeness (QED) is 0.427. The molecule has 1 aliphatic rings. The second-order valence-corrected chi connectivity index (χ2v) is 2.49. The average molecular weight is 110 g/mol. The highest BCUT2D eigenvalue weighted by Crippen LogP contribution is 2.22. The molecule has 0 saturated carbocycles. The van der Waals surface area contributed by atoms with Gasteiger partial charge in [0.05, 0.1) is 4.91 Å². The van der Waals surface area contributed by atoms with Gasteiger partial charge in [-0.1, -0.05) is 12.0 Å². The van der Waals surface area contributed by atoms with Gasteiger partial charge in [-0.3, -0.25) is 0 Å². The van der Waals surface area contributed by atoms with Crippen molar-refractivity contribution >= 4 is 11.8 Å². The van der Waals surface area contributed by atoms with Crippen LogP contribution in [0.5, 0.6) is 0 Å². The highest BCUT2D eigenvalue weighted by atomic mass is 32.2. The molecule has 0 amide bonds. The van der Waals surface area contributed by atoms with Gasteiger partial charge in [-0.05, 0) is 6.42 Å². The van der Waals surface area contributed by atoms with Crippen LogP contribution in [-0.4, -0.2) is 5.75 Å². The lowest BCUT2D eigenvalue weighted by Gasteiger charge is -1.80. The van der Waals surface area contributed by atoms with Crippen molar-refractivity contribution in [3.63, 3.8) is 0 Å². The van der Waals surface area contributed by atoms with Crippen LogP contribution in [0.3, 0.4) is 0 Å². The Balaban J connectivity index is 2.57. The van der Waals surface area contributed by atoms with E-state index >= 15 is 0 Å². The molecule has 0 saturated heterocycles. The third-order valence-corrected chi connectivity index (χ3v) is 1.88. The van der Waals surface area contributed by atoms with E-state index in [-0.39, 0.29) is 0 Å². The molecule has 1 heteroatoms. The van der Waals surface area contributed by atoms with Crippen LogP contribution in [0.2, 0.25) is 0 Å². The molecule has 7 heavy (non-hydrogen) atoms. The summed E-state index contributed by atoms with van der Waals surface area (Å²) in [5.41, 5.74) is 0. The average Bonchev–Trinajstić information content (AvgIpc) is 2.14. The van der Waals surface area contributed by atoms with Gasteiger partial charge in [-0.15, -0.1) is 18.2 Å². The summed E-state index contributed by atoms with van der Waals surface area (Å²) in [5.74, 6) is 3.77. The monoisotopic (exact) mass is 110 g/mol. The molecule has 0 aromatic carbocycles. The van der Waals surface area contributed by atoms with E-state index in [2.05, 4.69) is 12.0 Å². The van der Waals surface area contributed by atoms with Gasteiger partial charge in [0.2, 0.25) is 0 Å². The third-order valence-electron chi connectivity index (χ3n) is 0.847. The third kappa shape index (κ3) is 1.01. The lowest BCUT2D eigenvalue weighted by atomic mass is 10.4. The molecule has 1 rings (SSSR count). The second-order valence-electron chi connectivity index (χ2n) is 1.35. The molecule has 1 heterocycles. The smallest absolute Gasteiger partial charge is 0.0531 e. The van der Waals surface area contributed by atoms with Gasteiger partial charge in [0.25, 0.3) is 0 Å². The van der Waals surface area contributed by atoms with Gasteiger partial charge in [-0.2, -0.15) is 0 Å². The Morgan fingerprint density at radius 2 is 2.71 bits per heavy atom. The van der Waals surface area contributed by atoms with Gasteiger partial charge in [0.15, 0.2) is 0 Å². The number of hydrogen-bond acceptors (Lipinski definition) is 1. The molecule has 0 nitrogen and oxygen atoms in total. The number of thioether (sulfide) groups is 1. The van der Waals surface area contributed by atoms with Crippen molar-refractivity contribution in [2.75, 3.05) is 5.75 Å². The van der Waals surface area contributed by atoms with Crippen molar-refractivity contribution in [2.24, 2.45) is 0 Å². The minimum Gasteiger partial charge on any atom is -0.117 e. The van der Waals surface area contributed by atoms with Crippen molar-refractivity contribution in [3.8, 4) is 12.3 Å². The highest BCUT2D eigenvalue weighted by molar-refractivity contribution is 8.03. The van der Waals surface area contributed by atoms with Crippen LogP contribution in [0.1, 0.15) is 6.42 Å². The Labute approximate surface area is 48.0 Å². The molecule has 0 aliphatic carbocycles. The van der Waals surface area contributed by atoms with Crippen LogP contribution < -0.4 is 0 Å². The lowest BCUT2D eigenvalue weighted by Crippen LogP contribution is -1.58. The number of rotatable bonds is 0. The first kappa shape index (κ1) is 4.80. The molecule has 0 spiro atoms. The summed E-state index contributed by atoms with van der Waals surface area (Å²) in [6.45, 7) is 0. The Bertz CT molecular complexity index is 128. The first-order valence-corrected chi connectivity index (χ1v) is 3.21. The summed E-state index contributed by atoms with van der Waals surface area (Å²) in [5, 5.41) is 0. The maximum atomic E-state index is 5.09. The predicted octanol–water partition coefficient (Wildman–Crippen LogP) is 1.64. The Morgan fingerprint density at radius 1 is 1.86 bits per heavy atom. The SMILES string of the molecule is C#CC1=CCCS1. The van der Waals surface area contributed by atoms with Gasteiger partial charge >= 0.3 is 0 Å². The molecule has 0 fully saturated rings. The number of allylic oxidation sites excluding steroid dienone is 2. The molecular weight excluding hydrogens is 104 g/mol. The maximum absolute atomic E-state index is 5.09. The fraction of sp³-hybridized carbons (Fsp3) is 0.333. The van der Waals surface area contributed by atoms with Crippen molar-refractivity contribution < 1.29 is 0 Å². The molecule has 0 unspecified atom stereocenters. The normalized spacial score (nSPS) is 18.4. The molecule has 0 bridgehead atoms. The molecule has 0 aromatic rings. The standard InChI is InChI=1S/C6H6S/c1-2-6-4-3-5-7-6/h1,4H,3,5H2. The van der Waals surface area contributed by atoms with Gasteiger partial charge in [-0.25, -0.2) is 0 Å². The van der Waals surface area contributed by atoms with Gasteiger partial charge in [0.1, 0.15) is 0 Å². The fourth-order valence-electron chi connectivity index (χ4n) is 0.518. The Kier molecular flexibility index (Phi) is 1.43. The minimum absolute atomic E-state index is 1.11. The molecule has 36 valence electrons. The van der Waals surface area contributed by atoms with E-state index in [1.807, 2.05) is 0 Å². The second kappa shape index (κ2) is 2.09. The minimum atomic E-state index is 1.11. The summed E-state index contributed by atoms with van der Waals surface area (Å²) in [6, 6.07) is 0. The Hall–Kier alpha value is -0.350. The molecule has 1 aliphatic heterocycles. The van der Waals surface area contributed by atoms with Gasteiger partial charge in [0, 0.05) is 5.75 Å². The maximum Gasteiger partial charge on any atom is 0.0531 e. The highest BCUT2D eigenvalue weighted by Gasteiger charge is 1.98. The molecule has 0 N–H and O–H groups in total. The van der Waals surface area contributed by atoms with Crippen molar-refractivity contribution in [2.45, 2.75) is 6.42 Å². The summed E-state index contributed by atoms with van der Waals surface area (Å²) < 4.78 is 0. The summed E-state index contributed by atoms with van der Waals surface area (Å²) >= 11 is 1.77. The van der Waals surface area contributed by atoms with Crippen LogP contribution in [0, 0.1) is 12.3 Å². The van der Waals surface area contributed by atoms with E-state index in [0.29, 0.717) is 0 Å². The first-order chi connectivity index (χ1) is 3.43.